The molecule has 0 aliphatic heterocycles. The van der Waals surface area contributed by atoms with E-state index < -0.39 is 0 Å². The van der Waals surface area contributed by atoms with Crippen molar-refractivity contribution < 1.29 is 0 Å². The predicted molar refractivity (Wildman–Crippen MR) is 186 cm³/mol. The van der Waals surface area contributed by atoms with Crippen LogP contribution in [0.15, 0.2) is 170 Å². The molecule has 0 atom stereocenters. The Morgan fingerprint density at radius 1 is 0.295 bits per heavy atom. The number of aromatic nitrogens is 2. The number of para-hydroxylation sites is 5. The van der Waals surface area contributed by atoms with Gasteiger partial charge in [-0.05, 0) is 65.2 Å². The van der Waals surface area contributed by atoms with Crippen LogP contribution in [0, 0.1) is 0 Å². The highest BCUT2D eigenvalue weighted by Crippen LogP contribution is 2.38. The van der Waals surface area contributed by atoms with Crippen molar-refractivity contribution in [2.24, 2.45) is 0 Å². The lowest BCUT2D eigenvalue weighted by Crippen LogP contribution is -1.97. The molecule has 206 valence electrons. The van der Waals surface area contributed by atoms with Crippen LogP contribution in [0.25, 0.3) is 77.2 Å². The van der Waals surface area contributed by atoms with Crippen LogP contribution in [0.2, 0.25) is 0 Å². The number of benzene rings is 7. The maximum absolute atomic E-state index is 2.41. The molecule has 0 saturated carbocycles. The van der Waals surface area contributed by atoms with Crippen molar-refractivity contribution in [3.05, 3.63) is 170 Å². The number of rotatable bonds is 4. The van der Waals surface area contributed by atoms with Crippen LogP contribution in [0.5, 0.6) is 0 Å². The summed E-state index contributed by atoms with van der Waals surface area (Å²) in [6, 6.07) is 61.4. The summed E-state index contributed by atoms with van der Waals surface area (Å²) in [5, 5.41) is 5.09. The van der Waals surface area contributed by atoms with Crippen LogP contribution in [0.3, 0.4) is 0 Å². The first-order chi connectivity index (χ1) is 21.8. The molecule has 0 saturated heterocycles. The van der Waals surface area contributed by atoms with Crippen molar-refractivity contribution in [2.45, 2.75) is 0 Å². The molecule has 2 nitrogen and oxygen atoms in total. The van der Waals surface area contributed by atoms with Crippen molar-refractivity contribution in [1.29, 1.82) is 0 Å². The van der Waals surface area contributed by atoms with Gasteiger partial charge in [-0.1, -0.05) is 121 Å². The Balaban J connectivity index is 1.20. The maximum Gasteiger partial charge on any atom is 0.0541 e. The Labute approximate surface area is 255 Å². The average molecular weight is 561 g/mol. The van der Waals surface area contributed by atoms with Crippen LogP contribution < -0.4 is 0 Å². The first kappa shape index (κ1) is 24.7. The number of fused-ring (bicyclic) bond motifs is 6. The molecule has 9 rings (SSSR count). The number of hydrogen-bond acceptors (Lipinski definition) is 0. The highest BCUT2D eigenvalue weighted by atomic mass is 15.0. The molecule has 7 aromatic carbocycles. The van der Waals surface area contributed by atoms with Gasteiger partial charge in [0.05, 0.1) is 27.8 Å². The van der Waals surface area contributed by atoms with Gasteiger partial charge in [-0.25, -0.2) is 0 Å². The number of nitrogens with zero attached hydrogens (tertiary/aromatic N) is 2. The Bertz CT molecular complexity index is 2400. The summed E-state index contributed by atoms with van der Waals surface area (Å²) < 4.78 is 4.80. The molecule has 9 aromatic rings. The van der Waals surface area contributed by atoms with E-state index in [4.69, 9.17) is 0 Å². The lowest BCUT2D eigenvalue weighted by molar-refractivity contribution is 1.18. The quantitative estimate of drug-likeness (QED) is 0.203. The Morgan fingerprint density at radius 2 is 0.727 bits per heavy atom. The molecule has 0 aliphatic rings. The van der Waals surface area contributed by atoms with E-state index in [2.05, 4.69) is 179 Å². The summed E-state index contributed by atoms with van der Waals surface area (Å²) in [6.45, 7) is 0. The standard InChI is InChI=1S/C42H28N2/c1-6-22-38(44-41-25-9-4-20-36(41)37-21-5-10-26-42(37)44)33(17-1)31-15-11-13-29(27-31)30-14-12-16-32(28-30)43-39-23-7-2-18-34(39)35-19-3-8-24-40(35)43/h1-28H. The summed E-state index contributed by atoms with van der Waals surface area (Å²) in [5.41, 5.74) is 12.0. The molecule has 0 aliphatic carbocycles. The van der Waals surface area contributed by atoms with Gasteiger partial charge in [0.15, 0.2) is 0 Å². The molecule has 0 amide bonds. The molecule has 2 aromatic heterocycles. The molecule has 2 heterocycles. The lowest BCUT2D eigenvalue weighted by Gasteiger charge is -2.15. The van der Waals surface area contributed by atoms with Crippen molar-refractivity contribution in [1.82, 2.24) is 9.13 Å². The molecular formula is C42H28N2. The van der Waals surface area contributed by atoms with Gasteiger partial charge >= 0.3 is 0 Å². The Morgan fingerprint density at radius 3 is 1.32 bits per heavy atom. The van der Waals surface area contributed by atoms with Gasteiger partial charge in [0, 0.05) is 32.8 Å². The summed E-state index contributed by atoms with van der Waals surface area (Å²) in [4.78, 5) is 0. The minimum absolute atomic E-state index is 1.16. The molecule has 44 heavy (non-hydrogen) atoms. The minimum Gasteiger partial charge on any atom is -0.309 e. The third-order valence-electron chi connectivity index (χ3n) is 8.92. The highest BCUT2D eigenvalue weighted by Gasteiger charge is 2.16. The molecule has 0 spiro atoms. The van der Waals surface area contributed by atoms with Crippen molar-refractivity contribution in [3.63, 3.8) is 0 Å². The van der Waals surface area contributed by atoms with Crippen molar-refractivity contribution in [3.8, 4) is 33.6 Å². The average Bonchev–Trinajstić information content (AvgIpc) is 3.62. The van der Waals surface area contributed by atoms with Gasteiger partial charge in [0.2, 0.25) is 0 Å². The third kappa shape index (κ3) is 3.75. The molecule has 0 unspecified atom stereocenters. The first-order valence-corrected chi connectivity index (χ1v) is 15.1. The van der Waals surface area contributed by atoms with Gasteiger partial charge in [-0.15, -0.1) is 0 Å². The second kappa shape index (κ2) is 9.86. The minimum atomic E-state index is 1.16. The zero-order chi connectivity index (χ0) is 29.0. The molecular weight excluding hydrogens is 532 g/mol. The topological polar surface area (TPSA) is 9.86 Å². The molecule has 0 bridgehead atoms. The normalized spacial score (nSPS) is 11.6. The Hall–Kier alpha value is -5.86. The van der Waals surface area contributed by atoms with E-state index in [-0.39, 0.29) is 0 Å². The van der Waals surface area contributed by atoms with E-state index in [9.17, 15) is 0 Å². The fraction of sp³-hybridized carbons (Fsp3) is 0. The van der Waals surface area contributed by atoms with E-state index >= 15 is 0 Å². The van der Waals surface area contributed by atoms with Crippen LogP contribution in [0.1, 0.15) is 0 Å². The van der Waals surface area contributed by atoms with Gasteiger partial charge in [0.25, 0.3) is 0 Å². The fourth-order valence-electron chi connectivity index (χ4n) is 6.99. The Kier molecular flexibility index (Phi) is 5.54. The first-order valence-electron chi connectivity index (χ1n) is 15.1. The number of hydrogen-bond donors (Lipinski definition) is 0. The van der Waals surface area contributed by atoms with Crippen LogP contribution in [0.4, 0.5) is 0 Å². The van der Waals surface area contributed by atoms with Crippen molar-refractivity contribution >= 4 is 43.6 Å². The summed E-state index contributed by atoms with van der Waals surface area (Å²) in [6.07, 6.45) is 0. The summed E-state index contributed by atoms with van der Waals surface area (Å²) >= 11 is 0. The summed E-state index contributed by atoms with van der Waals surface area (Å²) in [5.74, 6) is 0. The summed E-state index contributed by atoms with van der Waals surface area (Å²) in [7, 11) is 0. The zero-order valence-corrected chi connectivity index (χ0v) is 24.1. The SMILES string of the molecule is c1cc(-c2cccc(-n3c4ccccc4c4ccccc43)c2)cc(-c2ccccc2-n2c3ccccc3c3ccccc32)c1. The lowest BCUT2D eigenvalue weighted by atomic mass is 9.97. The second-order valence-electron chi connectivity index (χ2n) is 11.4. The second-order valence-corrected chi connectivity index (χ2v) is 11.4. The largest absolute Gasteiger partial charge is 0.309 e. The van der Waals surface area contributed by atoms with Crippen molar-refractivity contribution in [2.75, 3.05) is 0 Å². The van der Waals surface area contributed by atoms with Gasteiger partial charge in [-0.2, -0.15) is 0 Å². The molecule has 0 N–H and O–H groups in total. The third-order valence-corrected chi connectivity index (χ3v) is 8.92. The smallest absolute Gasteiger partial charge is 0.0541 e. The zero-order valence-electron chi connectivity index (χ0n) is 24.1. The molecule has 0 fully saturated rings. The molecule has 0 radical (unpaired) electrons. The van der Waals surface area contributed by atoms with Gasteiger partial charge in [-0.3, -0.25) is 0 Å². The maximum atomic E-state index is 2.41. The van der Waals surface area contributed by atoms with E-state index in [1.807, 2.05) is 0 Å². The van der Waals surface area contributed by atoms with Gasteiger partial charge < -0.3 is 9.13 Å². The van der Waals surface area contributed by atoms with E-state index in [0.29, 0.717) is 0 Å². The van der Waals surface area contributed by atoms with E-state index in [0.717, 1.165) is 5.69 Å². The van der Waals surface area contributed by atoms with Crippen LogP contribution in [-0.4, -0.2) is 9.13 Å². The van der Waals surface area contributed by atoms with E-state index in [1.165, 1.54) is 71.6 Å². The van der Waals surface area contributed by atoms with Crippen LogP contribution in [-0.2, 0) is 0 Å². The monoisotopic (exact) mass is 560 g/mol. The van der Waals surface area contributed by atoms with Crippen LogP contribution >= 0.6 is 0 Å². The van der Waals surface area contributed by atoms with E-state index in [1.54, 1.807) is 0 Å². The van der Waals surface area contributed by atoms with Gasteiger partial charge in [0.1, 0.15) is 0 Å². The predicted octanol–water partition coefficient (Wildman–Crippen LogP) is 11.2. The fourth-order valence-corrected chi connectivity index (χ4v) is 6.99. The molecule has 2 heteroatoms. The highest BCUT2D eigenvalue weighted by molar-refractivity contribution is 6.10.